The Hall–Kier alpha value is -0.820. The predicted molar refractivity (Wildman–Crippen MR) is 55.3 cm³/mol. The first-order chi connectivity index (χ1) is 7.94. The fraction of sp³-hybridized carbons (Fsp3) is 0.900. The molecule has 1 aliphatic rings. The molecule has 0 saturated carbocycles. The molecule has 1 unspecified atom stereocenters. The van der Waals surface area contributed by atoms with Crippen LogP contribution in [0, 0.1) is 0 Å². The third-order valence-electron chi connectivity index (χ3n) is 2.71. The summed E-state index contributed by atoms with van der Waals surface area (Å²) in [7, 11) is 0. The number of ether oxygens (including phenoxy) is 1. The monoisotopic (exact) mass is 254 g/mol. The number of hydrogen-bond acceptors (Lipinski definition) is 3. The maximum Gasteiger partial charge on any atom is 0.411 e. The lowest BCUT2D eigenvalue weighted by Crippen LogP contribution is -2.48. The minimum absolute atomic E-state index is 0.0641. The highest BCUT2D eigenvalue weighted by Crippen LogP contribution is 2.17. The topological polar surface area (TPSA) is 55.6 Å². The van der Waals surface area contributed by atoms with Gasteiger partial charge in [0.1, 0.15) is 13.2 Å². The number of carbonyl (C=O) groups excluding carboxylic acids is 1. The Morgan fingerprint density at radius 3 is 2.71 bits per heavy atom. The lowest BCUT2D eigenvalue weighted by Gasteiger charge is -2.35. The van der Waals surface area contributed by atoms with Gasteiger partial charge in [-0.25, -0.2) is 0 Å². The van der Waals surface area contributed by atoms with Crippen molar-refractivity contribution in [2.45, 2.75) is 31.5 Å². The van der Waals surface area contributed by atoms with E-state index in [9.17, 15) is 18.0 Å². The van der Waals surface area contributed by atoms with Gasteiger partial charge in [0.05, 0.1) is 0 Å². The van der Waals surface area contributed by atoms with E-state index < -0.39 is 25.3 Å². The summed E-state index contributed by atoms with van der Waals surface area (Å²) >= 11 is 0. The summed E-state index contributed by atoms with van der Waals surface area (Å²) in [6.45, 7) is -1.03. The van der Waals surface area contributed by atoms with Gasteiger partial charge in [-0.2, -0.15) is 13.2 Å². The van der Waals surface area contributed by atoms with Crippen molar-refractivity contribution < 1.29 is 22.7 Å². The van der Waals surface area contributed by atoms with E-state index in [-0.39, 0.29) is 6.04 Å². The number of alkyl halides is 3. The van der Waals surface area contributed by atoms with Gasteiger partial charge >= 0.3 is 6.18 Å². The Morgan fingerprint density at radius 1 is 1.41 bits per heavy atom. The molecule has 1 heterocycles. The average molecular weight is 254 g/mol. The second kappa shape index (κ2) is 6.20. The summed E-state index contributed by atoms with van der Waals surface area (Å²) in [5.74, 6) is -0.413. The summed E-state index contributed by atoms with van der Waals surface area (Å²) in [4.78, 5) is 13.2. The number of halogens is 3. The van der Waals surface area contributed by atoms with Crippen LogP contribution in [0.25, 0.3) is 0 Å². The van der Waals surface area contributed by atoms with Crippen LogP contribution < -0.4 is 5.73 Å². The van der Waals surface area contributed by atoms with Crippen molar-refractivity contribution in [1.82, 2.24) is 4.90 Å². The fourth-order valence-corrected chi connectivity index (χ4v) is 1.91. The number of carbonyl (C=O) groups is 1. The number of likely N-dealkylation sites (tertiary alicyclic amines) is 1. The normalized spacial score (nSPS) is 21.6. The smallest absolute Gasteiger partial charge is 0.362 e. The third-order valence-corrected chi connectivity index (χ3v) is 2.71. The molecule has 0 aromatic heterocycles. The number of nitrogens with zero attached hydrogens (tertiary/aromatic N) is 1. The zero-order valence-electron chi connectivity index (χ0n) is 9.50. The van der Waals surface area contributed by atoms with Gasteiger partial charge in [-0.05, 0) is 19.3 Å². The van der Waals surface area contributed by atoms with Gasteiger partial charge in [-0.3, -0.25) is 4.79 Å². The Kier molecular flexibility index (Phi) is 5.20. The lowest BCUT2D eigenvalue weighted by molar-refractivity contribution is -0.178. The van der Waals surface area contributed by atoms with Crippen molar-refractivity contribution in [3.63, 3.8) is 0 Å². The molecule has 1 saturated heterocycles. The van der Waals surface area contributed by atoms with E-state index in [2.05, 4.69) is 4.74 Å². The molecular weight excluding hydrogens is 237 g/mol. The maximum atomic E-state index is 11.8. The zero-order chi connectivity index (χ0) is 12.9. The summed E-state index contributed by atoms with van der Waals surface area (Å²) in [5.41, 5.74) is 5.51. The molecule has 0 bridgehead atoms. The largest absolute Gasteiger partial charge is 0.411 e. The Bertz CT molecular complexity index is 258. The Labute approximate surface area is 97.9 Å². The molecule has 2 N–H and O–H groups in total. The van der Waals surface area contributed by atoms with Crippen molar-refractivity contribution in [1.29, 1.82) is 0 Å². The Morgan fingerprint density at radius 2 is 2.12 bits per heavy atom. The van der Waals surface area contributed by atoms with E-state index in [0.717, 1.165) is 19.3 Å². The molecule has 0 radical (unpaired) electrons. The van der Waals surface area contributed by atoms with E-state index in [4.69, 9.17) is 5.73 Å². The molecule has 0 aromatic carbocycles. The summed E-state index contributed by atoms with van der Waals surface area (Å²) < 4.78 is 39.8. The quantitative estimate of drug-likeness (QED) is 0.811. The molecule has 0 aliphatic carbocycles. The first-order valence-electron chi connectivity index (χ1n) is 5.58. The summed E-state index contributed by atoms with van der Waals surface area (Å²) in [5, 5.41) is 0. The first-order valence-corrected chi connectivity index (χ1v) is 5.58. The zero-order valence-corrected chi connectivity index (χ0v) is 9.50. The SMILES string of the molecule is NCC1CCCCN1C(=O)COCC(F)(F)F. The lowest BCUT2D eigenvalue weighted by atomic mass is 10.0. The average Bonchev–Trinajstić information content (AvgIpc) is 2.27. The highest BCUT2D eigenvalue weighted by molar-refractivity contribution is 5.77. The standard InChI is InChI=1S/C10H17F3N2O2/c11-10(12,13)7-17-6-9(16)15-4-2-1-3-8(15)5-14/h8H,1-7,14H2. The van der Waals surface area contributed by atoms with E-state index in [1.165, 1.54) is 4.90 Å². The van der Waals surface area contributed by atoms with Crippen molar-refractivity contribution in [3.05, 3.63) is 0 Å². The van der Waals surface area contributed by atoms with Gasteiger partial charge in [0, 0.05) is 19.1 Å². The van der Waals surface area contributed by atoms with Gasteiger partial charge in [-0.1, -0.05) is 0 Å². The highest BCUT2D eigenvalue weighted by Gasteiger charge is 2.29. The summed E-state index contributed by atoms with van der Waals surface area (Å²) in [6, 6.07) is -0.0641. The minimum Gasteiger partial charge on any atom is -0.362 e. The fourth-order valence-electron chi connectivity index (χ4n) is 1.91. The first kappa shape index (κ1) is 14.2. The molecule has 1 fully saturated rings. The number of nitrogens with two attached hydrogens (primary N) is 1. The number of hydrogen-bond donors (Lipinski definition) is 1. The van der Waals surface area contributed by atoms with Gasteiger partial charge in [-0.15, -0.1) is 0 Å². The van der Waals surface area contributed by atoms with Crippen LogP contribution in [0.2, 0.25) is 0 Å². The van der Waals surface area contributed by atoms with Crippen molar-refractivity contribution >= 4 is 5.91 Å². The van der Waals surface area contributed by atoms with Crippen LogP contribution >= 0.6 is 0 Å². The number of rotatable bonds is 4. The van der Waals surface area contributed by atoms with Crippen LogP contribution in [0.1, 0.15) is 19.3 Å². The van der Waals surface area contributed by atoms with E-state index in [1.54, 1.807) is 0 Å². The van der Waals surface area contributed by atoms with Crippen LogP contribution in [-0.2, 0) is 9.53 Å². The third kappa shape index (κ3) is 4.91. The molecule has 7 heteroatoms. The van der Waals surface area contributed by atoms with E-state index >= 15 is 0 Å². The van der Waals surface area contributed by atoms with Gasteiger partial charge in [0.25, 0.3) is 0 Å². The van der Waals surface area contributed by atoms with Crippen LogP contribution in [0.15, 0.2) is 0 Å². The minimum atomic E-state index is -4.39. The Balaban J connectivity index is 2.35. The molecule has 0 spiro atoms. The molecule has 100 valence electrons. The van der Waals surface area contributed by atoms with Crippen LogP contribution in [0.5, 0.6) is 0 Å². The highest BCUT2D eigenvalue weighted by atomic mass is 19.4. The predicted octanol–water partition coefficient (Wildman–Crippen LogP) is 0.905. The van der Waals surface area contributed by atoms with Crippen LogP contribution in [0.3, 0.4) is 0 Å². The number of amides is 1. The van der Waals surface area contributed by atoms with Crippen molar-refractivity contribution in [2.75, 3.05) is 26.3 Å². The summed E-state index contributed by atoms with van der Waals surface area (Å²) in [6.07, 6.45) is -1.73. The van der Waals surface area contributed by atoms with Crippen LogP contribution in [-0.4, -0.2) is 49.3 Å². The molecule has 1 amide bonds. The van der Waals surface area contributed by atoms with Gasteiger partial charge in [0.15, 0.2) is 0 Å². The van der Waals surface area contributed by atoms with E-state index in [1.807, 2.05) is 0 Å². The van der Waals surface area contributed by atoms with E-state index in [0.29, 0.717) is 13.1 Å². The van der Waals surface area contributed by atoms with Gasteiger partial charge < -0.3 is 15.4 Å². The maximum absolute atomic E-state index is 11.8. The molecule has 1 aliphatic heterocycles. The molecule has 1 rings (SSSR count). The second-order valence-electron chi connectivity index (χ2n) is 4.08. The molecule has 17 heavy (non-hydrogen) atoms. The molecule has 4 nitrogen and oxygen atoms in total. The van der Waals surface area contributed by atoms with Crippen LogP contribution in [0.4, 0.5) is 13.2 Å². The second-order valence-corrected chi connectivity index (χ2v) is 4.08. The molecular formula is C10H17F3N2O2. The van der Waals surface area contributed by atoms with Crippen molar-refractivity contribution in [2.24, 2.45) is 5.73 Å². The number of piperidine rings is 1. The molecule has 1 atom stereocenters. The van der Waals surface area contributed by atoms with Crippen molar-refractivity contribution in [3.8, 4) is 0 Å². The molecule has 0 aromatic rings. The van der Waals surface area contributed by atoms with Gasteiger partial charge in [0.2, 0.25) is 5.91 Å².